The molecule has 0 saturated heterocycles. The van der Waals surface area contributed by atoms with Gasteiger partial charge in [0.15, 0.2) is 5.75 Å². The van der Waals surface area contributed by atoms with Crippen molar-refractivity contribution in [2.45, 2.75) is 6.04 Å². The maximum atomic E-state index is 11.8. The number of aromatic nitrogens is 3. The molecule has 1 atom stereocenters. The van der Waals surface area contributed by atoms with Gasteiger partial charge in [-0.3, -0.25) is 9.48 Å². The molecule has 104 valence electrons. The normalized spacial score (nSPS) is 16.9. The predicted molar refractivity (Wildman–Crippen MR) is 73.0 cm³/mol. The lowest BCUT2D eigenvalue weighted by Crippen LogP contribution is -2.23. The molecule has 1 unspecified atom stereocenters. The Morgan fingerprint density at radius 2 is 2.30 bits per heavy atom. The number of nitrogens with one attached hydrogen (secondary N) is 2. The monoisotopic (exact) mass is 293 g/mol. The van der Waals surface area contributed by atoms with Gasteiger partial charge in [-0.1, -0.05) is 11.6 Å². The van der Waals surface area contributed by atoms with Gasteiger partial charge in [0.2, 0.25) is 5.91 Å². The Morgan fingerprint density at radius 3 is 2.95 bits per heavy atom. The number of benzene rings is 1. The van der Waals surface area contributed by atoms with E-state index in [-0.39, 0.29) is 11.9 Å². The number of hydrogen-bond acceptors (Lipinski definition) is 5. The molecule has 7 nitrogen and oxygen atoms in total. The van der Waals surface area contributed by atoms with Crippen LogP contribution in [0.5, 0.6) is 11.8 Å². The average Bonchev–Trinajstić information content (AvgIpc) is 2.93. The van der Waals surface area contributed by atoms with Crippen molar-refractivity contribution in [2.75, 3.05) is 12.4 Å². The molecule has 1 amide bonds. The Morgan fingerprint density at radius 1 is 1.50 bits per heavy atom. The molecule has 1 aliphatic rings. The molecule has 2 heterocycles. The summed E-state index contributed by atoms with van der Waals surface area (Å²) < 4.78 is 7.04. The Hall–Kier alpha value is -2.12. The van der Waals surface area contributed by atoms with Crippen LogP contribution in [-0.4, -0.2) is 27.7 Å². The summed E-state index contributed by atoms with van der Waals surface area (Å²) in [6.45, 7) is 0. The number of ether oxygens (including phenoxy) is 1. The third kappa shape index (κ3) is 2.10. The number of rotatable bonds is 3. The fourth-order valence-corrected chi connectivity index (χ4v) is 2.30. The second-order valence-corrected chi connectivity index (χ2v) is 4.79. The van der Waals surface area contributed by atoms with Crippen LogP contribution in [0.25, 0.3) is 0 Å². The largest absolute Gasteiger partial charge is 0.422 e. The van der Waals surface area contributed by atoms with Crippen LogP contribution in [0.4, 0.5) is 5.69 Å². The van der Waals surface area contributed by atoms with Crippen LogP contribution in [0.2, 0.25) is 5.02 Å². The molecule has 0 saturated carbocycles. The van der Waals surface area contributed by atoms with Crippen LogP contribution >= 0.6 is 11.6 Å². The van der Waals surface area contributed by atoms with Crippen molar-refractivity contribution in [2.24, 2.45) is 7.05 Å². The second kappa shape index (κ2) is 4.77. The van der Waals surface area contributed by atoms with Gasteiger partial charge in [-0.2, -0.15) is 4.98 Å². The fraction of sp³-hybridized carbons (Fsp3) is 0.250. The Bertz CT molecular complexity index is 684. The Labute approximate surface area is 119 Å². The van der Waals surface area contributed by atoms with E-state index in [0.29, 0.717) is 16.5 Å². The van der Waals surface area contributed by atoms with Crippen LogP contribution in [0, 0.1) is 0 Å². The molecule has 0 radical (unpaired) electrons. The van der Waals surface area contributed by atoms with Gasteiger partial charge in [-0.05, 0) is 13.1 Å². The number of carbonyl (C=O) groups excluding carboxylic acids is 1. The van der Waals surface area contributed by atoms with Gasteiger partial charge >= 0.3 is 6.01 Å². The van der Waals surface area contributed by atoms with E-state index >= 15 is 0 Å². The number of aryl methyl sites for hydroxylation is 1. The summed E-state index contributed by atoms with van der Waals surface area (Å²) in [5, 5.41) is 10.1. The van der Waals surface area contributed by atoms with Gasteiger partial charge in [-0.25, -0.2) is 0 Å². The number of fused-ring (bicyclic) bond motifs is 1. The van der Waals surface area contributed by atoms with Crippen molar-refractivity contribution in [3.05, 3.63) is 29.0 Å². The van der Waals surface area contributed by atoms with Crippen molar-refractivity contribution in [1.29, 1.82) is 0 Å². The number of likely N-dealkylation sites (N-methyl/N-ethyl adjacent to an activating group) is 1. The summed E-state index contributed by atoms with van der Waals surface area (Å²) in [4.78, 5) is 15.7. The number of anilines is 1. The molecule has 3 rings (SSSR count). The number of amides is 1. The van der Waals surface area contributed by atoms with E-state index in [1.807, 2.05) is 0 Å². The molecule has 0 fully saturated rings. The summed E-state index contributed by atoms with van der Waals surface area (Å²) >= 11 is 6.18. The van der Waals surface area contributed by atoms with E-state index in [1.165, 1.54) is 11.0 Å². The van der Waals surface area contributed by atoms with E-state index in [9.17, 15) is 4.79 Å². The fourth-order valence-electron chi connectivity index (χ4n) is 2.09. The van der Waals surface area contributed by atoms with Gasteiger partial charge in [0.1, 0.15) is 12.4 Å². The summed E-state index contributed by atoms with van der Waals surface area (Å²) in [5.41, 5.74) is 1.47. The van der Waals surface area contributed by atoms with Crippen LogP contribution in [-0.2, 0) is 11.8 Å². The van der Waals surface area contributed by atoms with Crippen molar-refractivity contribution in [1.82, 2.24) is 20.1 Å². The maximum absolute atomic E-state index is 11.8. The molecular formula is C12H12ClN5O2. The molecular weight excluding hydrogens is 282 g/mol. The van der Waals surface area contributed by atoms with Crippen LogP contribution in [0.3, 0.4) is 0 Å². The summed E-state index contributed by atoms with van der Waals surface area (Å²) in [6.07, 6.45) is 1.52. The third-order valence-electron chi connectivity index (χ3n) is 3.00. The quantitative estimate of drug-likeness (QED) is 0.896. The highest BCUT2D eigenvalue weighted by Gasteiger charge is 2.30. The molecule has 2 aromatic rings. The van der Waals surface area contributed by atoms with E-state index < -0.39 is 6.04 Å². The molecule has 1 aliphatic heterocycles. The van der Waals surface area contributed by atoms with Crippen LogP contribution in [0.15, 0.2) is 18.5 Å². The number of carbonyl (C=O) groups is 1. The lowest BCUT2D eigenvalue weighted by atomic mass is 10.1. The lowest BCUT2D eigenvalue weighted by molar-refractivity contribution is -0.117. The molecule has 0 spiro atoms. The van der Waals surface area contributed by atoms with E-state index in [2.05, 4.69) is 20.7 Å². The Kier molecular flexibility index (Phi) is 3.07. The van der Waals surface area contributed by atoms with E-state index in [1.54, 1.807) is 26.2 Å². The van der Waals surface area contributed by atoms with Crippen LogP contribution < -0.4 is 15.4 Å². The molecule has 1 aromatic carbocycles. The smallest absolute Gasteiger partial charge is 0.341 e. The van der Waals surface area contributed by atoms with Gasteiger partial charge in [0.05, 0.1) is 5.02 Å². The first-order valence-electron chi connectivity index (χ1n) is 5.93. The first kappa shape index (κ1) is 12.9. The third-order valence-corrected chi connectivity index (χ3v) is 3.30. The zero-order chi connectivity index (χ0) is 14.3. The van der Waals surface area contributed by atoms with Crippen LogP contribution in [0.1, 0.15) is 11.6 Å². The summed E-state index contributed by atoms with van der Waals surface area (Å²) in [5.74, 6) is 0.278. The molecule has 20 heavy (non-hydrogen) atoms. The molecule has 0 bridgehead atoms. The SMILES string of the molecule is CNC1C(=O)Nc2cc(Oc3ncn(C)n3)c(Cl)cc21. The van der Waals surface area contributed by atoms with Gasteiger partial charge in [0.25, 0.3) is 0 Å². The average molecular weight is 294 g/mol. The van der Waals surface area contributed by atoms with Crippen molar-refractivity contribution in [3.63, 3.8) is 0 Å². The topological polar surface area (TPSA) is 81.1 Å². The lowest BCUT2D eigenvalue weighted by Gasteiger charge is -2.09. The first-order valence-corrected chi connectivity index (χ1v) is 6.31. The van der Waals surface area contributed by atoms with E-state index in [4.69, 9.17) is 16.3 Å². The highest BCUT2D eigenvalue weighted by molar-refractivity contribution is 6.32. The highest BCUT2D eigenvalue weighted by atomic mass is 35.5. The van der Waals surface area contributed by atoms with Gasteiger partial charge in [-0.15, -0.1) is 5.10 Å². The van der Waals surface area contributed by atoms with E-state index in [0.717, 1.165) is 5.56 Å². The molecule has 1 aromatic heterocycles. The van der Waals surface area contributed by atoms with Crippen molar-refractivity contribution in [3.8, 4) is 11.8 Å². The zero-order valence-electron chi connectivity index (χ0n) is 10.8. The minimum Gasteiger partial charge on any atom is -0.422 e. The molecule has 8 heteroatoms. The zero-order valence-corrected chi connectivity index (χ0v) is 11.6. The summed E-state index contributed by atoms with van der Waals surface area (Å²) in [7, 11) is 3.46. The number of halogens is 1. The number of nitrogens with zero attached hydrogens (tertiary/aromatic N) is 3. The van der Waals surface area contributed by atoms with Crippen molar-refractivity contribution < 1.29 is 9.53 Å². The number of hydrogen-bond donors (Lipinski definition) is 2. The predicted octanol–water partition coefficient (Wildman–Crippen LogP) is 1.47. The second-order valence-electron chi connectivity index (χ2n) is 4.38. The minimum atomic E-state index is -0.399. The van der Waals surface area contributed by atoms with Gasteiger partial charge < -0.3 is 15.4 Å². The molecule has 0 aliphatic carbocycles. The minimum absolute atomic E-state index is 0.119. The van der Waals surface area contributed by atoms with Gasteiger partial charge in [0, 0.05) is 24.4 Å². The summed E-state index contributed by atoms with van der Waals surface area (Å²) in [6, 6.07) is 3.17. The van der Waals surface area contributed by atoms with Crippen molar-refractivity contribution >= 4 is 23.2 Å². The standard InChI is InChI=1S/C12H12ClN5O2/c1-14-10-6-3-7(13)9(4-8(6)16-11(10)19)20-12-15-5-18(2)17-12/h3-5,10,14H,1-2H3,(H,16,19). The maximum Gasteiger partial charge on any atom is 0.341 e. The Balaban J connectivity index is 1.95. The first-order chi connectivity index (χ1) is 9.58. The highest BCUT2D eigenvalue weighted by Crippen LogP contribution is 2.39. The molecule has 2 N–H and O–H groups in total.